The van der Waals surface area contributed by atoms with Gasteiger partial charge in [0.1, 0.15) is 0 Å². The lowest BCUT2D eigenvalue weighted by molar-refractivity contribution is -0.123. The van der Waals surface area contributed by atoms with Gasteiger partial charge < -0.3 is 10.6 Å². The van der Waals surface area contributed by atoms with Crippen LogP contribution in [0.3, 0.4) is 0 Å². The molecule has 2 N–H and O–H groups in total. The zero-order chi connectivity index (χ0) is 18.0. The number of rotatable bonds is 5. The van der Waals surface area contributed by atoms with Gasteiger partial charge in [-0.05, 0) is 80.7 Å². The van der Waals surface area contributed by atoms with Gasteiger partial charge in [-0.15, -0.1) is 0 Å². The molecule has 0 aromatic heterocycles. The van der Waals surface area contributed by atoms with Crippen LogP contribution in [0.5, 0.6) is 0 Å². The van der Waals surface area contributed by atoms with Crippen LogP contribution >= 0.6 is 0 Å². The molecular formula is C22H33N3O. The van der Waals surface area contributed by atoms with Gasteiger partial charge in [-0.3, -0.25) is 9.69 Å². The fraction of sp³-hybridized carbons (Fsp3) is 0.682. The van der Waals surface area contributed by atoms with Crippen LogP contribution in [-0.4, -0.2) is 37.0 Å². The Balaban J connectivity index is 1.31. The number of hydrogen-bond donors (Lipinski definition) is 2. The Bertz CT molecular complexity index is 630. The third-order valence-electron chi connectivity index (χ3n) is 6.95. The van der Waals surface area contributed by atoms with Crippen molar-refractivity contribution in [3.05, 3.63) is 35.4 Å². The van der Waals surface area contributed by atoms with E-state index in [1.165, 1.54) is 37.1 Å². The molecule has 3 aliphatic rings. The lowest BCUT2D eigenvalue weighted by Gasteiger charge is -2.30. The molecule has 3 fully saturated rings. The highest BCUT2D eigenvalue weighted by Gasteiger charge is 2.57. The average Bonchev–Trinajstić information content (AvgIpc) is 3.36. The first-order valence-corrected chi connectivity index (χ1v) is 10.4. The number of piperidine rings is 2. The van der Waals surface area contributed by atoms with Crippen LogP contribution in [0.15, 0.2) is 24.3 Å². The maximum absolute atomic E-state index is 12.6. The van der Waals surface area contributed by atoms with Crippen molar-refractivity contribution in [3.8, 4) is 0 Å². The first-order chi connectivity index (χ1) is 12.7. The molecule has 4 heteroatoms. The predicted octanol–water partition coefficient (Wildman–Crippen LogP) is 2.92. The molecule has 1 spiro atoms. The normalized spacial score (nSPS) is 26.0. The minimum absolute atomic E-state index is 0.250. The van der Waals surface area contributed by atoms with E-state index in [-0.39, 0.29) is 11.8 Å². The molecule has 142 valence electrons. The lowest BCUT2D eigenvalue weighted by Crippen LogP contribution is -2.34. The second kappa shape index (κ2) is 7.69. The van der Waals surface area contributed by atoms with E-state index in [0.29, 0.717) is 12.0 Å². The van der Waals surface area contributed by atoms with Crippen molar-refractivity contribution in [2.75, 3.05) is 26.2 Å². The van der Waals surface area contributed by atoms with Crippen molar-refractivity contribution in [3.63, 3.8) is 0 Å². The molecular weight excluding hydrogens is 322 g/mol. The summed E-state index contributed by atoms with van der Waals surface area (Å²) in [5.41, 5.74) is 2.97. The minimum Gasteiger partial charge on any atom is -0.352 e. The van der Waals surface area contributed by atoms with Gasteiger partial charge in [0.15, 0.2) is 0 Å². The summed E-state index contributed by atoms with van der Waals surface area (Å²) in [6.45, 7) is 8.57. The van der Waals surface area contributed by atoms with E-state index < -0.39 is 0 Å². The van der Waals surface area contributed by atoms with Crippen molar-refractivity contribution >= 4 is 5.91 Å². The van der Waals surface area contributed by atoms with Gasteiger partial charge in [0, 0.05) is 19.0 Å². The van der Waals surface area contributed by atoms with Gasteiger partial charge in [-0.2, -0.15) is 0 Å². The molecule has 1 aromatic rings. The van der Waals surface area contributed by atoms with E-state index in [9.17, 15) is 4.79 Å². The molecule has 1 atom stereocenters. The van der Waals surface area contributed by atoms with E-state index in [1.54, 1.807) is 0 Å². The van der Waals surface area contributed by atoms with Crippen LogP contribution in [0.2, 0.25) is 0 Å². The highest BCUT2D eigenvalue weighted by atomic mass is 16.2. The topological polar surface area (TPSA) is 44.4 Å². The van der Waals surface area contributed by atoms with Crippen molar-refractivity contribution in [2.45, 2.75) is 52.1 Å². The molecule has 0 radical (unpaired) electrons. The first kappa shape index (κ1) is 18.0. The lowest BCUT2D eigenvalue weighted by atomic mass is 9.91. The Morgan fingerprint density at radius 3 is 2.62 bits per heavy atom. The maximum atomic E-state index is 12.6. The number of hydrogen-bond acceptors (Lipinski definition) is 3. The van der Waals surface area contributed by atoms with Crippen LogP contribution in [-0.2, 0) is 17.9 Å². The van der Waals surface area contributed by atoms with Crippen LogP contribution in [0, 0.1) is 17.3 Å². The fourth-order valence-corrected chi connectivity index (χ4v) is 4.85. The summed E-state index contributed by atoms with van der Waals surface area (Å²) in [5, 5.41) is 6.65. The molecule has 1 aromatic carbocycles. The van der Waals surface area contributed by atoms with Crippen molar-refractivity contribution < 1.29 is 4.79 Å². The number of benzene rings is 1. The van der Waals surface area contributed by atoms with Crippen molar-refractivity contribution in [1.29, 1.82) is 0 Å². The first-order valence-electron chi connectivity index (χ1n) is 10.4. The summed E-state index contributed by atoms with van der Waals surface area (Å²) in [5.74, 6) is 1.38. The van der Waals surface area contributed by atoms with E-state index in [4.69, 9.17) is 0 Å². The molecule has 1 aliphatic carbocycles. The SMILES string of the molecule is CC1CCN(Cc2ccccc2CNC(=O)C2CC23CCNCC3)CC1. The second-order valence-electron chi connectivity index (χ2n) is 8.81. The Morgan fingerprint density at radius 1 is 1.19 bits per heavy atom. The smallest absolute Gasteiger partial charge is 0.223 e. The Morgan fingerprint density at radius 2 is 1.88 bits per heavy atom. The van der Waals surface area contributed by atoms with Crippen LogP contribution < -0.4 is 10.6 Å². The highest BCUT2D eigenvalue weighted by Crippen LogP contribution is 2.58. The third kappa shape index (κ3) is 3.96. The standard InChI is InChI=1S/C22H33N3O/c1-17-6-12-25(13-7-17)16-19-5-3-2-4-18(19)15-24-21(26)20-14-22(20)8-10-23-11-9-22/h2-5,17,20,23H,6-16H2,1H3,(H,24,26). The number of carbonyl (C=O) groups excluding carboxylic acids is 1. The molecule has 26 heavy (non-hydrogen) atoms. The van der Waals surface area contributed by atoms with Crippen LogP contribution in [0.1, 0.15) is 50.2 Å². The largest absolute Gasteiger partial charge is 0.352 e. The Hall–Kier alpha value is -1.39. The fourth-order valence-electron chi connectivity index (χ4n) is 4.85. The molecule has 0 bridgehead atoms. The number of nitrogens with one attached hydrogen (secondary N) is 2. The number of likely N-dealkylation sites (tertiary alicyclic amines) is 1. The van der Waals surface area contributed by atoms with E-state index >= 15 is 0 Å². The van der Waals surface area contributed by atoms with E-state index in [1.807, 2.05) is 0 Å². The summed E-state index contributed by atoms with van der Waals surface area (Å²) < 4.78 is 0. The summed E-state index contributed by atoms with van der Waals surface area (Å²) >= 11 is 0. The Kier molecular flexibility index (Phi) is 5.32. The molecule has 1 unspecified atom stereocenters. The number of nitrogens with zero attached hydrogens (tertiary/aromatic N) is 1. The summed E-state index contributed by atoms with van der Waals surface area (Å²) in [6.07, 6.45) is 6.02. The molecule has 1 saturated carbocycles. The average molecular weight is 356 g/mol. The van der Waals surface area contributed by atoms with Gasteiger partial charge in [-0.25, -0.2) is 0 Å². The number of amides is 1. The molecule has 4 nitrogen and oxygen atoms in total. The number of carbonyl (C=O) groups is 1. The molecule has 2 heterocycles. The zero-order valence-electron chi connectivity index (χ0n) is 16.1. The molecule has 2 saturated heterocycles. The van der Waals surface area contributed by atoms with Gasteiger partial charge in [0.2, 0.25) is 5.91 Å². The molecule has 1 amide bonds. The minimum atomic E-state index is 0.250. The zero-order valence-corrected chi connectivity index (χ0v) is 16.1. The van der Waals surface area contributed by atoms with Gasteiger partial charge in [-0.1, -0.05) is 31.2 Å². The van der Waals surface area contributed by atoms with Crippen LogP contribution in [0.25, 0.3) is 0 Å². The molecule has 4 rings (SSSR count). The van der Waals surface area contributed by atoms with Gasteiger partial charge >= 0.3 is 0 Å². The summed E-state index contributed by atoms with van der Waals surface area (Å²) in [6, 6.07) is 8.62. The van der Waals surface area contributed by atoms with E-state index in [0.717, 1.165) is 44.8 Å². The van der Waals surface area contributed by atoms with Crippen molar-refractivity contribution in [2.24, 2.45) is 17.3 Å². The molecule has 2 aliphatic heterocycles. The predicted molar refractivity (Wildman–Crippen MR) is 105 cm³/mol. The quantitative estimate of drug-likeness (QED) is 0.854. The van der Waals surface area contributed by atoms with Crippen molar-refractivity contribution in [1.82, 2.24) is 15.5 Å². The highest BCUT2D eigenvalue weighted by molar-refractivity contribution is 5.82. The van der Waals surface area contributed by atoms with E-state index in [2.05, 4.69) is 46.7 Å². The van der Waals surface area contributed by atoms with Gasteiger partial charge in [0.05, 0.1) is 0 Å². The maximum Gasteiger partial charge on any atom is 0.223 e. The van der Waals surface area contributed by atoms with Crippen LogP contribution in [0.4, 0.5) is 0 Å². The van der Waals surface area contributed by atoms with Gasteiger partial charge in [0.25, 0.3) is 0 Å². The summed E-state index contributed by atoms with van der Waals surface area (Å²) in [4.78, 5) is 15.2. The summed E-state index contributed by atoms with van der Waals surface area (Å²) in [7, 11) is 0. The second-order valence-corrected chi connectivity index (χ2v) is 8.81. The third-order valence-corrected chi connectivity index (χ3v) is 6.95. The Labute approximate surface area is 157 Å². The monoisotopic (exact) mass is 355 g/mol.